The third kappa shape index (κ3) is 4.66. The first-order valence-corrected chi connectivity index (χ1v) is 11.1. The lowest BCUT2D eigenvalue weighted by atomic mass is 10.2. The fourth-order valence-electron chi connectivity index (χ4n) is 3.11. The molecule has 8 heteroatoms. The highest BCUT2D eigenvalue weighted by molar-refractivity contribution is 7.98. The molecule has 31 heavy (non-hydrogen) atoms. The monoisotopic (exact) mass is 471 g/mol. The fourth-order valence-corrected chi connectivity index (χ4v) is 4.62. The number of hydrogen-bond acceptors (Lipinski definition) is 5. The van der Waals surface area contributed by atoms with Crippen LogP contribution < -0.4 is 9.47 Å². The van der Waals surface area contributed by atoms with Crippen LogP contribution in [-0.2, 0) is 5.75 Å². The highest BCUT2D eigenvalue weighted by atomic mass is 35.5. The molecular weight excluding hydrogens is 453 g/mol. The van der Waals surface area contributed by atoms with Crippen LogP contribution in [0.3, 0.4) is 0 Å². The van der Waals surface area contributed by atoms with Crippen molar-refractivity contribution >= 4 is 35.0 Å². The van der Waals surface area contributed by atoms with E-state index in [2.05, 4.69) is 10.2 Å². The van der Waals surface area contributed by atoms with Crippen LogP contribution in [0.4, 0.5) is 0 Å². The van der Waals surface area contributed by atoms with E-state index in [1.54, 1.807) is 32.0 Å². The van der Waals surface area contributed by atoms with Crippen LogP contribution in [0, 0.1) is 0 Å². The molecule has 4 aromatic rings. The molecule has 4 rings (SSSR count). The van der Waals surface area contributed by atoms with Crippen LogP contribution in [0.25, 0.3) is 17.1 Å². The van der Waals surface area contributed by atoms with E-state index >= 15 is 0 Å². The Kier molecular flexibility index (Phi) is 6.70. The van der Waals surface area contributed by atoms with E-state index in [-0.39, 0.29) is 0 Å². The van der Waals surface area contributed by atoms with Gasteiger partial charge in [-0.3, -0.25) is 4.57 Å². The standard InChI is InChI=1S/C23H19Cl2N3O2S/c1-29-18-11-9-17(10-12-18)28-22(19-5-3-4-6-21(19)30-2)26-27-23(28)31-14-15-7-8-16(24)13-20(15)25/h3-13H,14H2,1-2H3. The number of thioether (sulfide) groups is 1. The molecule has 0 atom stereocenters. The summed E-state index contributed by atoms with van der Waals surface area (Å²) >= 11 is 13.9. The molecule has 0 amide bonds. The largest absolute Gasteiger partial charge is 0.497 e. The maximum atomic E-state index is 6.36. The quantitative estimate of drug-likeness (QED) is 0.286. The fraction of sp³-hybridized carbons (Fsp3) is 0.130. The van der Waals surface area contributed by atoms with E-state index < -0.39 is 0 Å². The van der Waals surface area contributed by atoms with Crippen LogP contribution in [-0.4, -0.2) is 29.0 Å². The normalized spacial score (nSPS) is 10.8. The van der Waals surface area contributed by atoms with Gasteiger partial charge in [-0.25, -0.2) is 0 Å². The summed E-state index contributed by atoms with van der Waals surface area (Å²) in [4.78, 5) is 0. The average molecular weight is 472 g/mol. The minimum atomic E-state index is 0.610. The van der Waals surface area contributed by atoms with Crippen LogP contribution in [0.2, 0.25) is 10.0 Å². The molecular formula is C23H19Cl2N3O2S. The van der Waals surface area contributed by atoms with E-state index in [9.17, 15) is 0 Å². The Labute approximate surface area is 194 Å². The number of ether oxygens (including phenoxy) is 2. The molecule has 158 valence electrons. The summed E-state index contributed by atoms with van der Waals surface area (Å²) in [5.74, 6) is 2.81. The van der Waals surface area contributed by atoms with Crippen molar-refractivity contribution in [2.75, 3.05) is 14.2 Å². The lowest BCUT2D eigenvalue weighted by molar-refractivity contribution is 0.414. The van der Waals surface area contributed by atoms with Crippen LogP contribution in [0.1, 0.15) is 5.56 Å². The molecule has 0 aliphatic rings. The summed E-state index contributed by atoms with van der Waals surface area (Å²) in [6, 6.07) is 21.0. The lowest BCUT2D eigenvalue weighted by Crippen LogP contribution is -2.01. The lowest BCUT2D eigenvalue weighted by Gasteiger charge is -2.13. The number of halogens is 2. The summed E-state index contributed by atoms with van der Waals surface area (Å²) < 4.78 is 12.9. The van der Waals surface area contributed by atoms with Gasteiger partial charge in [-0.1, -0.05) is 53.2 Å². The van der Waals surface area contributed by atoms with Gasteiger partial charge in [0.25, 0.3) is 0 Å². The zero-order valence-electron chi connectivity index (χ0n) is 16.9. The van der Waals surface area contributed by atoms with Crippen molar-refractivity contribution in [3.8, 4) is 28.6 Å². The second-order valence-electron chi connectivity index (χ2n) is 6.56. The van der Waals surface area contributed by atoms with Gasteiger partial charge in [0, 0.05) is 15.8 Å². The summed E-state index contributed by atoms with van der Waals surface area (Å²) in [6.45, 7) is 0. The van der Waals surface area contributed by atoms with E-state index in [4.69, 9.17) is 32.7 Å². The second-order valence-corrected chi connectivity index (χ2v) is 8.35. The van der Waals surface area contributed by atoms with Crippen molar-refractivity contribution < 1.29 is 9.47 Å². The Hall–Kier alpha value is -2.67. The van der Waals surface area contributed by atoms with E-state index in [0.717, 1.165) is 33.5 Å². The Balaban J connectivity index is 1.76. The average Bonchev–Trinajstić information content (AvgIpc) is 3.22. The Morgan fingerprint density at radius 2 is 1.68 bits per heavy atom. The van der Waals surface area contributed by atoms with E-state index in [0.29, 0.717) is 21.6 Å². The first-order chi connectivity index (χ1) is 15.1. The van der Waals surface area contributed by atoms with E-state index in [1.165, 1.54) is 0 Å². The maximum Gasteiger partial charge on any atom is 0.196 e. The highest BCUT2D eigenvalue weighted by Crippen LogP contribution is 2.35. The molecule has 0 aliphatic heterocycles. The van der Waals surface area contributed by atoms with Crippen molar-refractivity contribution in [2.45, 2.75) is 10.9 Å². The van der Waals surface area contributed by atoms with Gasteiger partial charge in [0.1, 0.15) is 11.5 Å². The van der Waals surface area contributed by atoms with Crippen molar-refractivity contribution in [1.29, 1.82) is 0 Å². The minimum Gasteiger partial charge on any atom is -0.497 e. The van der Waals surface area contributed by atoms with Gasteiger partial charge in [-0.15, -0.1) is 10.2 Å². The SMILES string of the molecule is COc1ccc(-n2c(SCc3ccc(Cl)cc3Cl)nnc2-c2ccccc2OC)cc1. The van der Waals surface area contributed by atoms with Gasteiger partial charge in [0.2, 0.25) is 0 Å². The molecule has 1 heterocycles. The summed E-state index contributed by atoms with van der Waals surface area (Å²) in [7, 11) is 3.29. The molecule has 0 N–H and O–H groups in total. The second kappa shape index (κ2) is 9.64. The third-order valence-corrected chi connectivity index (χ3v) is 6.25. The number of para-hydroxylation sites is 1. The molecule has 0 bridgehead atoms. The van der Waals surface area contributed by atoms with Gasteiger partial charge in [0.05, 0.1) is 25.5 Å². The first-order valence-electron chi connectivity index (χ1n) is 9.40. The molecule has 0 saturated carbocycles. The van der Waals surface area contributed by atoms with Crippen LogP contribution in [0.15, 0.2) is 71.9 Å². The Morgan fingerprint density at radius 1 is 0.903 bits per heavy atom. The van der Waals surface area contributed by atoms with E-state index in [1.807, 2.05) is 65.2 Å². The summed E-state index contributed by atoms with van der Waals surface area (Å²) in [6.07, 6.45) is 0. The predicted molar refractivity (Wildman–Crippen MR) is 126 cm³/mol. The van der Waals surface area contributed by atoms with Crippen molar-refractivity contribution in [1.82, 2.24) is 14.8 Å². The number of methoxy groups -OCH3 is 2. The molecule has 3 aromatic carbocycles. The molecule has 0 fully saturated rings. The molecule has 0 spiro atoms. The minimum absolute atomic E-state index is 0.610. The molecule has 1 aromatic heterocycles. The number of nitrogens with zero attached hydrogens (tertiary/aromatic N) is 3. The summed E-state index contributed by atoms with van der Waals surface area (Å²) in [5, 5.41) is 10.9. The Morgan fingerprint density at radius 3 is 2.39 bits per heavy atom. The topological polar surface area (TPSA) is 49.2 Å². The third-order valence-electron chi connectivity index (χ3n) is 4.68. The smallest absolute Gasteiger partial charge is 0.196 e. The molecule has 0 aliphatic carbocycles. The van der Waals surface area contributed by atoms with Gasteiger partial charge >= 0.3 is 0 Å². The van der Waals surface area contributed by atoms with Crippen molar-refractivity contribution in [3.05, 3.63) is 82.3 Å². The zero-order chi connectivity index (χ0) is 21.8. The van der Waals surface area contributed by atoms with Crippen molar-refractivity contribution in [3.63, 3.8) is 0 Å². The van der Waals surface area contributed by atoms with Gasteiger partial charge in [0.15, 0.2) is 11.0 Å². The number of hydrogen-bond donors (Lipinski definition) is 0. The molecule has 0 radical (unpaired) electrons. The molecule has 0 saturated heterocycles. The van der Waals surface area contributed by atoms with Gasteiger partial charge in [-0.05, 0) is 54.1 Å². The van der Waals surface area contributed by atoms with Crippen LogP contribution in [0.5, 0.6) is 11.5 Å². The maximum absolute atomic E-state index is 6.36. The number of benzene rings is 3. The molecule has 5 nitrogen and oxygen atoms in total. The Bertz CT molecular complexity index is 1200. The van der Waals surface area contributed by atoms with Crippen molar-refractivity contribution in [2.24, 2.45) is 0 Å². The zero-order valence-corrected chi connectivity index (χ0v) is 19.2. The van der Waals surface area contributed by atoms with Gasteiger partial charge < -0.3 is 9.47 Å². The summed E-state index contributed by atoms with van der Waals surface area (Å²) in [5.41, 5.74) is 2.74. The number of rotatable bonds is 7. The first kappa shape index (κ1) is 21.6. The van der Waals surface area contributed by atoms with Gasteiger partial charge in [-0.2, -0.15) is 0 Å². The molecule has 0 unspecified atom stereocenters. The van der Waals surface area contributed by atoms with Crippen LogP contribution >= 0.6 is 35.0 Å². The number of aromatic nitrogens is 3. The predicted octanol–water partition coefficient (Wildman–Crippen LogP) is 6.55. The highest BCUT2D eigenvalue weighted by Gasteiger charge is 2.19.